The zero-order valence-corrected chi connectivity index (χ0v) is 19.4. The van der Waals surface area contributed by atoms with Gasteiger partial charge in [-0.05, 0) is 41.1 Å². The van der Waals surface area contributed by atoms with Crippen LogP contribution in [0.1, 0.15) is 22.4 Å². The summed E-state index contributed by atoms with van der Waals surface area (Å²) < 4.78 is 5.24. The van der Waals surface area contributed by atoms with Gasteiger partial charge in [0.15, 0.2) is 5.96 Å². The number of methoxy groups -OCH3 is 1. The second-order valence-corrected chi connectivity index (χ2v) is 7.39. The Bertz CT molecular complexity index is 809. The van der Waals surface area contributed by atoms with Crippen LogP contribution in [0.4, 0.5) is 0 Å². The highest BCUT2D eigenvalue weighted by Crippen LogP contribution is 2.24. The van der Waals surface area contributed by atoms with E-state index in [2.05, 4.69) is 27.1 Å². The predicted octanol–water partition coefficient (Wildman–Crippen LogP) is 3.01. The Hall–Kier alpha value is -1.81. The number of nitrogens with zero attached hydrogens (tertiary/aromatic N) is 2. The molecule has 1 aliphatic heterocycles. The quantitative estimate of drug-likeness (QED) is 0.354. The summed E-state index contributed by atoms with van der Waals surface area (Å²) in [5.74, 6) is 1.70. The molecule has 0 unspecified atom stereocenters. The third kappa shape index (κ3) is 6.10. The van der Waals surface area contributed by atoms with E-state index in [1.54, 1.807) is 25.5 Å². The van der Waals surface area contributed by atoms with Crippen LogP contribution in [-0.4, -0.2) is 44.0 Å². The number of fused-ring (bicyclic) bond motifs is 1. The number of hydrogen-bond acceptors (Lipinski definition) is 4. The van der Waals surface area contributed by atoms with Crippen LogP contribution in [-0.2, 0) is 24.3 Å². The minimum atomic E-state index is 0. The number of aliphatic imine (C=N–C) groups is 1. The van der Waals surface area contributed by atoms with Crippen molar-refractivity contribution in [2.75, 3.05) is 27.2 Å². The van der Waals surface area contributed by atoms with Crippen molar-refractivity contribution >= 4 is 47.2 Å². The average molecular weight is 514 g/mol. The van der Waals surface area contributed by atoms with Gasteiger partial charge in [0.2, 0.25) is 5.91 Å². The lowest BCUT2D eigenvalue weighted by Gasteiger charge is -2.27. The Labute approximate surface area is 187 Å². The molecule has 1 amide bonds. The summed E-state index contributed by atoms with van der Waals surface area (Å²) >= 11 is 1.79. The molecule has 3 rings (SSSR count). The van der Waals surface area contributed by atoms with E-state index in [9.17, 15) is 4.79 Å². The molecular formula is C20H27IN4O2S. The summed E-state index contributed by atoms with van der Waals surface area (Å²) in [5, 5.41) is 8.58. The van der Waals surface area contributed by atoms with Gasteiger partial charge in [0, 0.05) is 44.5 Å². The third-order valence-electron chi connectivity index (χ3n) is 4.61. The molecule has 2 N–H and O–H groups in total. The maximum absolute atomic E-state index is 12.5. The fourth-order valence-electron chi connectivity index (χ4n) is 3.10. The molecule has 0 saturated carbocycles. The summed E-state index contributed by atoms with van der Waals surface area (Å²) in [7, 11) is 3.39. The minimum Gasteiger partial charge on any atom is -0.497 e. The van der Waals surface area contributed by atoms with Crippen LogP contribution in [0.2, 0.25) is 0 Å². The highest BCUT2D eigenvalue weighted by molar-refractivity contribution is 14.0. The molecule has 0 fully saturated rings. The molecule has 0 bridgehead atoms. The largest absolute Gasteiger partial charge is 0.497 e. The summed E-state index contributed by atoms with van der Waals surface area (Å²) in [6.07, 6.45) is 1.43. The van der Waals surface area contributed by atoms with Gasteiger partial charge in [-0.25, -0.2) is 0 Å². The molecule has 8 heteroatoms. The first kappa shape index (κ1) is 22.5. The SMILES string of the molecule is CN=C(NCCC(=O)N1CCc2sccc2C1)NCc1cccc(OC)c1.I. The van der Waals surface area contributed by atoms with Crippen LogP contribution < -0.4 is 15.4 Å². The molecule has 0 radical (unpaired) electrons. The van der Waals surface area contributed by atoms with Crippen LogP contribution >= 0.6 is 35.3 Å². The van der Waals surface area contributed by atoms with E-state index in [0.717, 1.165) is 30.8 Å². The molecule has 0 spiro atoms. The lowest BCUT2D eigenvalue weighted by Crippen LogP contribution is -2.40. The summed E-state index contributed by atoms with van der Waals surface area (Å²) in [6.45, 7) is 2.75. The zero-order valence-electron chi connectivity index (χ0n) is 16.2. The number of halogens is 1. The Morgan fingerprint density at radius 3 is 2.96 bits per heavy atom. The van der Waals surface area contributed by atoms with Crippen molar-refractivity contribution in [3.8, 4) is 5.75 Å². The van der Waals surface area contributed by atoms with Crippen molar-refractivity contribution in [1.29, 1.82) is 0 Å². The van der Waals surface area contributed by atoms with E-state index in [-0.39, 0.29) is 29.9 Å². The van der Waals surface area contributed by atoms with Gasteiger partial charge in [0.25, 0.3) is 0 Å². The number of thiophene rings is 1. The van der Waals surface area contributed by atoms with E-state index < -0.39 is 0 Å². The van der Waals surface area contributed by atoms with Gasteiger partial charge in [-0.3, -0.25) is 9.79 Å². The smallest absolute Gasteiger partial charge is 0.224 e. The van der Waals surface area contributed by atoms with Crippen LogP contribution in [0.3, 0.4) is 0 Å². The van der Waals surface area contributed by atoms with Crippen molar-refractivity contribution in [3.63, 3.8) is 0 Å². The van der Waals surface area contributed by atoms with Crippen molar-refractivity contribution in [1.82, 2.24) is 15.5 Å². The van der Waals surface area contributed by atoms with Crippen LogP contribution in [0, 0.1) is 0 Å². The third-order valence-corrected chi connectivity index (χ3v) is 5.63. The highest BCUT2D eigenvalue weighted by Gasteiger charge is 2.20. The maximum atomic E-state index is 12.5. The second-order valence-electron chi connectivity index (χ2n) is 6.39. The normalized spacial score (nSPS) is 13.4. The topological polar surface area (TPSA) is 66.0 Å². The van der Waals surface area contributed by atoms with Gasteiger partial charge in [0.05, 0.1) is 7.11 Å². The van der Waals surface area contributed by atoms with E-state index in [0.29, 0.717) is 25.5 Å². The van der Waals surface area contributed by atoms with Crippen molar-refractivity contribution < 1.29 is 9.53 Å². The molecule has 28 heavy (non-hydrogen) atoms. The molecule has 1 aliphatic rings. The van der Waals surface area contributed by atoms with Gasteiger partial charge >= 0.3 is 0 Å². The van der Waals surface area contributed by atoms with Gasteiger partial charge in [-0.2, -0.15) is 0 Å². The number of benzene rings is 1. The lowest BCUT2D eigenvalue weighted by atomic mass is 10.1. The van der Waals surface area contributed by atoms with E-state index in [1.165, 1.54) is 10.4 Å². The van der Waals surface area contributed by atoms with Gasteiger partial charge in [0.1, 0.15) is 5.75 Å². The second kappa shape index (κ2) is 11.3. The number of amides is 1. The molecule has 0 aliphatic carbocycles. The standard InChI is InChI=1S/C20H26N4O2S.HI/c1-21-20(23-13-15-4-3-5-17(12-15)26-2)22-9-6-19(25)24-10-7-18-16(14-24)8-11-27-18;/h3-5,8,11-12H,6-7,9-10,13-14H2,1-2H3,(H2,21,22,23);1H. The van der Waals surface area contributed by atoms with Crippen molar-refractivity contribution in [3.05, 3.63) is 51.7 Å². The zero-order chi connectivity index (χ0) is 19.1. The summed E-state index contributed by atoms with van der Waals surface area (Å²) in [5.41, 5.74) is 2.40. The molecule has 0 saturated heterocycles. The highest BCUT2D eigenvalue weighted by atomic mass is 127. The number of hydrogen-bond donors (Lipinski definition) is 2. The van der Waals surface area contributed by atoms with E-state index >= 15 is 0 Å². The van der Waals surface area contributed by atoms with E-state index in [4.69, 9.17) is 4.74 Å². The predicted molar refractivity (Wildman–Crippen MR) is 125 cm³/mol. The minimum absolute atomic E-state index is 0. The number of carbonyl (C=O) groups is 1. The average Bonchev–Trinajstić information content (AvgIpc) is 3.18. The first-order valence-corrected chi connectivity index (χ1v) is 9.98. The van der Waals surface area contributed by atoms with Crippen LogP contribution in [0.5, 0.6) is 5.75 Å². The first-order chi connectivity index (χ1) is 13.2. The number of ether oxygens (including phenoxy) is 1. The van der Waals surface area contributed by atoms with E-state index in [1.807, 2.05) is 29.2 Å². The Kier molecular flexibility index (Phi) is 9.04. The number of carbonyl (C=O) groups excluding carboxylic acids is 1. The molecule has 0 atom stereocenters. The molecule has 6 nitrogen and oxygen atoms in total. The fourth-order valence-corrected chi connectivity index (χ4v) is 3.99. The van der Waals surface area contributed by atoms with Crippen molar-refractivity contribution in [2.24, 2.45) is 4.99 Å². The monoisotopic (exact) mass is 514 g/mol. The summed E-state index contributed by atoms with van der Waals surface area (Å²) in [4.78, 5) is 20.0. The van der Waals surface area contributed by atoms with Gasteiger partial charge < -0.3 is 20.3 Å². The Morgan fingerprint density at radius 2 is 2.18 bits per heavy atom. The molecular weight excluding hydrogens is 487 g/mol. The number of nitrogens with one attached hydrogen (secondary N) is 2. The number of rotatable bonds is 6. The molecule has 1 aromatic heterocycles. The molecule has 152 valence electrons. The molecule has 1 aromatic carbocycles. The first-order valence-electron chi connectivity index (χ1n) is 9.10. The van der Waals surface area contributed by atoms with Crippen LogP contribution in [0.25, 0.3) is 0 Å². The van der Waals surface area contributed by atoms with Gasteiger partial charge in [-0.15, -0.1) is 35.3 Å². The van der Waals surface area contributed by atoms with Crippen LogP contribution in [0.15, 0.2) is 40.7 Å². The summed E-state index contributed by atoms with van der Waals surface area (Å²) in [6, 6.07) is 10.0. The number of guanidine groups is 1. The molecule has 2 heterocycles. The maximum Gasteiger partial charge on any atom is 0.224 e. The van der Waals surface area contributed by atoms with Gasteiger partial charge in [-0.1, -0.05) is 12.1 Å². The Morgan fingerprint density at radius 1 is 1.32 bits per heavy atom. The Balaban J connectivity index is 0.00000280. The fraction of sp³-hybridized carbons (Fsp3) is 0.400. The lowest BCUT2D eigenvalue weighted by molar-refractivity contribution is -0.131. The van der Waals surface area contributed by atoms with Crippen molar-refractivity contribution in [2.45, 2.75) is 25.9 Å². The molecule has 2 aromatic rings.